The standard InChI is InChI=1S/C14H19NO2/c1-9-10-6-12(16-2)13(17-3)7-11(10)14(4-5-14)8-15-9/h6-7,9,15H,4-5,8H2,1-3H3. The molecule has 1 aromatic rings. The van der Waals surface area contributed by atoms with E-state index in [4.69, 9.17) is 9.47 Å². The van der Waals surface area contributed by atoms with Crippen LogP contribution in [0.1, 0.15) is 36.9 Å². The van der Waals surface area contributed by atoms with Gasteiger partial charge in [-0.3, -0.25) is 0 Å². The van der Waals surface area contributed by atoms with E-state index >= 15 is 0 Å². The van der Waals surface area contributed by atoms with Crippen LogP contribution in [0.5, 0.6) is 11.5 Å². The summed E-state index contributed by atoms with van der Waals surface area (Å²) >= 11 is 0. The normalized spacial score (nSPS) is 24.3. The predicted octanol–water partition coefficient (Wildman–Crippen LogP) is 2.40. The zero-order chi connectivity index (χ0) is 12.0. The van der Waals surface area contributed by atoms with Gasteiger partial charge in [0.2, 0.25) is 0 Å². The van der Waals surface area contributed by atoms with E-state index in [1.54, 1.807) is 14.2 Å². The molecule has 2 aliphatic rings. The summed E-state index contributed by atoms with van der Waals surface area (Å²) in [6, 6.07) is 4.71. The van der Waals surface area contributed by atoms with Crippen LogP contribution in [0.25, 0.3) is 0 Å². The zero-order valence-electron chi connectivity index (χ0n) is 10.7. The lowest BCUT2D eigenvalue weighted by Crippen LogP contribution is -2.36. The summed E-state index contributed by atoms with van der Waals surface area (Å²) < 4.78 is 10.8. The van der Waals surface area contributed by atoms with E-state index in [-0.39, 0.29) is 0 Å². The van der Waals surface area contributed by atoms with Crippen molar-refractivity contribution >= 4 is 0 Å². The van der Waals surface area contributed by atoms with Gasteiger partial charge in [-0.25, -0.2) is 0 Å². The Morgan fingerprint density at radius 1 is 1.18 bits per heavy atom. The molecule has 0 bridgehead atoms. The number of nitrogens with one attached hydrogen (secondary N) is 1. The number of ether oxygens (including phenoxy) is 2. The Hall–Kier alpha value is -1.22. The quantitative estimate of drug-likeness (QED) is 0.851. The molecule has 0 saturated heterocycles. The zero-order valence-corrected chi connectivity index (χ0v) is 10.7. The summed E-state index contributed by atoms with van der Waals surface area (Å²) in [6.07, 6.45) is 2.57. The molecular formula is C14H19NO2. The third-order valence-corrected chi connectivity index (χ3v) is 4.19. The van der Waals surface area contributed by atoms with Gasteiger partial charge in [-0.15, -0.1) is 0 Å². The summed E-state index contributed by atoms with van der Waals surface area (Å²) in [4.78, 5) is 0. The Kier molecular flexibility index (Phi) is 2.33. The lowest BCUT2D eigenvalue weighted by atomic mass is 9.84. The molecule has 1 heterocycles. The second-order valence-corrected chi connectivity index (χ2v) is 5.18. The van der Waals surface area contributed by atoms with Crippen LogP contribution in [0.4, 0.5) is 0 Å². The average molecular weight is 233 g/mol. The predicted molar refractivity (Wildman–Crippen MR) is 66.9 cm³/mol. The van der Waals surface area contributed by atoms with Gasteiger partial charge in [0.15, 0.2) is 11.5 Å². The summed E-state index contributed by atoms with van der Waals surface area (Å²) in [5.41, 5.74) is 3.20. The Balaban J connectivity index is 2.15. The number of methoxy groups -OCH3 is 2. The fourth-order valence-corrected chi connectivity index (χ4v) is 2.86. The second-order valence-electron chi connectivity index (χ2n) is 5.18. The van der Waals surface area contributed by atoms with Gasteiger partial charge < -0.3 is 14.8 Å². The van der Waals surface area contributed by atoms with Crippen molar-refractivity contribution in [2.75, 3.05) is 20.8 Å². The lowest BCUT2D eigenvalue weighted by molar-refractivity contribution is 0.350. The Labute approximate surface area is 102 Å². The van der Waals surface area contributed by atoms with Gasteiger partial charge in [0.25, 0.3) is 0 Å². The molecule has 17 heavy (non-hydrogen) atoms. The highest BCUT2D eigenvalue weighted by molar-refractivity contribution is 5.54. The van der Waals surface area contributed by atoms with E-state index in [9.17, 15) is 0 Å². The molecule has 0 amide bonds. The SMILES string of the molecule is COc1cc2c(cc1OC)C1(CC1)CNC2C. The van der Waals surface area contributed by atoms with E-state index in [1.807, 2.05) is 0 Å². The first-order valence-corrected chi connectivity index (χ1v) is 6.20. The first-order valence-electron chi connectivity index (χ1n) is 6.20. The molecule has 3 heteroatoms. The van der Waals surface area contributed by atoms with Crippen molar-refractivity contribution in [1.82, 2.24) is 5.32 Å². The average Bonchev–Trinajstić information content (AvgIpc) is 3.14. The number of hydrogen-bond acceptors (Lipinski definition) is 3. The molecule has 1 N–H and O–H groups in total. The molecule has 92 valence electrons. The van der Waals surface area contributed by atoms with Gasteiger partial charge in [-0.1, -0.05) is 0 Å². The third kappa shape index (κ3) is 1.53. The van der Waals surface area contributed by atoms with Crippen LogP contribution in [-0.2, 0) is 5.41 Å². The highest BCUT2D eigenvalue weighted by Gasteiger charge is 2.48. The van der Waals surface area contributed by atoms with Gasteiger partial charge in [-0.2, -0.15) is 0 Å². The van der Waals surface area contributed by atoms with E-state index in [1.165, 1.54) is 24.0 Å². The monoisotopic (exact) mass is 233 g/mol. The van der Waals surface area contributed by atoms with E-state index in [0.717, 1.165) is 18.0 Å². The Morgan fingerprint density at radius 2 is 1.82 bits per heavy atom. The van der Waals surface area contributed by atoms with Crippen molar-refractivity contribution in [2.45, 2.75) is 31.2 Å². The van der Waals surface area contributed by atoms with Crippen molar-refractivity contribution in [1.29, 1.82) is 0 Å². The molecule has 1 fully saturated rings. The minimum atomic E-state index is 0.376. The molecule has 0 radical (unpaired) electrons. The second kappa shape index (κ2) is 3.64. The Bertz CT molecular complexity index is 452. The van der Waals surface area contributed by atoms with Gasteiger partial charge >= 0.3 is 0 Å². The van der Waals surface area contributed by atoms with Crippen LogP contribution in [-0.4, -0.2) is 20.8 Å². The highest BCUT2D eigenvalue weighted by atomic mass is 16.5. The number of benzene rings is 1. The molecule has 1 atom stereocenters. The van der Waals surface area contributed by atoms with Crippen LogP contribution >= 0.6 is 0 Å². The van der Waals surface area contributed by atoms with Crippen molar-refractivity contribution < 1.29 is 9.47 Å². The number of rotatable bonds is 2. The molecule has 1 aliphatic carbocycles. The first-order chi connectivity index (χ1) is 8.20. The molecule has 3 rings (SSSR count). The van der Waals surface area contributed by atoms with Crippen molar-refractivity contribution in [3.63, 3.8) is 0 Å². The van der Waals surface area contributed by atoms with E-state index in [2.05, 4.69) is 24.4 Å². The molecule has 1 unspecified atom stereocenters. The summed E-state index contributed by atoms with van der Waals surface area (Å²) in [7, 11) is 3.40. The van der Waals surface area contributed by atoms with Gasteiger partial charge in [0.1, 0.15) is 0 Å². The maximum atomic E-state index is 5.41. The maximum absolute atomic E-state index is 5.41. The molecule has 1 saturated carbocycles. The van der Waals surface area contributed by atoms with Gasteiger partial charge in [-0.05, 0) is 43.0 Å². The topological polar surface area (TPSA) is 30.5 Å². The molecular weight excluding hydrogens is 214 g/mol. The fourth-order valence-electron chi connectivity index (χ4n) is 2.86. The minimum Gasteiger partial charge on any atom is -0.493 e. The van der Waals surface area contributed by atoms with E-state index < -0.39 is 0 Å². The van der Waals surface area contributed by atoms with Gasteiger partial charge in [0, 0.05) is 18.0 Å². The lowest BCUT2D eigenvalue weighted by Gasteiger charge is -2.32. The molecule has 1 aromatic carbocycles. The van der Waals surface area contributed by atoms with Crippen molar-refractivity contribution in [3.8, 4) is 11.5 Å². The fraction of sp³-hybridized carbons (Fsp3) is 0.571. The third-order valence-electron chi connectivity index (χ3n) is 4.19. The summed E-state index contributed by atoms with van der Waals surface area (Å²) in [6.45, 7) is 3.30. The summed E-state index contributed by atoms with van der Waals surface area (Å²) in [5, 5.41) is 3.58. The highest BCUT2D eigenvalue weighted by Crippen LogP contribution is 2.54. The van der Waals surface area contributed by atoms with Crippen molar-refractivity contribution in [2.24, 2.45) is 0 Å². The first kappa shape index (κ1) is 10.9. The summed E-state index contributed by atoms with van der Waals surface area (Å²) in [5.74, 6) is 1.68. The van der Waals surface area contributed by atoms with Crippen LogP contribution in [0, 0.1) is 0 Å². The number of hydrogen-bond donors (Lipinski definition) is 1. The molecule has 0 aromatic heterocycles. The number of fused-ring (bicyclic) bond motifs is 2. The van der Waals surface area contributed by atoms with Crippen LogP contribution in [0.15, 0.2) is 12.1 Å². The van der Waals surface area contributed by atoms with Gasteiger partial charge in [0.05, 0.1) is 14.2 Å². The van der Waals surface area contributed by atoms with Crippen LogP contribution in [0.2, 0.25) is 0 Å². The maximum Gasteiger partial charge on any atom is 0.161 e. The Morgan fingerprint density at radius 3 is 2.41 bits per heavy atom. The molecule has 3 nitrogen and oxygen atoms in total. The van der Waals surface area contributed by atoms with Crippen LogP contribution < -0.4 is 14.8 Å². The largest absolute Gasteiger partial charge is 0.493 e. The molecule has 1 spiro atoms. The van der Waals surface area contributed by atoms with E-state index in [0.29, 0.717) is 11.5 Å². The molecule has 1 aliphatic heterocycles. The van der Waals surface area contributed by atoms with Crippen molar-refractivity contribution in [3.05, 3.63) is 23.3 Å². The smallest absolute Gasteiger partial charge is 0.161 e. The van der Waals surface area contributed by atoms with Crippen LogP contribution in [0.3, 0.4) is 0 Å². The minimum absolute atomic E-state index is 0.376.